The molecule has 15 heavy (non-hydrogen) atoms. The van der Waals surface area contributed by atoms with Crippen LogP contribution in [0, 0.1) is 0 Å². The lowest BCUT2D eigenvalue weighted by molar-refractivity contribution is 0.0522. The highest BCUT2D eigenvalue weighted by atomic mass is 16.6. The molecule has 2 rings (SSSR count). The number of carbonyl (C=O) groups excluding carboxylic acids is 1. The minimum absolute atomic E-state index is 0.153. The molecule has 1 aromatic rings. The van der Waals surface area contributed by atoms with Crippen molar-refractivity contribution >= 4 is 6.09 Å². The van der Waals surface area contributed by atoms with Gasteiger partial charge in [0.1, 0.15) is 6.10 Å². The fraction of sp³-hybridized carbons (Fsp3) is 0.417. The lowest BCUT2D eigenvalue weighted by Gasteiger charge is -2.25. The van der Waals surface area contributed by atoms with Gasteiger partial charge in [0.2, 0.25) is 0 Å². The molecule has 1 amide bonds. The molecule has 0 spiro atoms. The summed E-state index contributed by atoms with van der Waals surface area (Å²) >= 11 is 0. The van der Waals surface area contributed by atoms with Crippen molar-refractivity contribution in [1.29, 1.82) is 0 Å². The normalized spacial score (nSPS) is 15.5. The molecule has 1 fully saturated rings. The van der Waals surface area contributed by atoms with Gasteiger partial charge >= 0.3 is 6.09 Å². The molecule has 1 aliphatic rings. The topological polar surface area (TPSA) is 38.3 Å². The van der Waals surface area contributed by atoms with E-state index in [9.17, 15) is 4.79 Å². The number of rotatable bonds is 3. The van der Waals surface area contributed by atoms with Crippen LogP contribution < -0.4 is 5.32 Å². The molecular weight excluding hydrogens is 190 g/mol. The van der Waals surface area contributed by atoms with Gasteiger partial charge in [-0.15, -0.1) is 0 Å². The number of hydrogen-bond donors (Lipinski definition) is 1. The Morgan fingerprint density at radius 2 is 2.07 bits per heavy atom. The maximum absolute atomic E-state index is 11.3. The quantitative estimate of drug-likeness (QED) is 0.823. The summed E-state index contributed by atoms with van der Waals surface area (Å²) in [5, 5.41) is 2.74. The van der Waals surface area contributed by atoms with E-state index in [-0.39, 0.29) is 12.2 Å². The molecule has 1 saturated carbocycles. The van der Waals surface area contributed by atoms with Crippen LogP contribution in [0.3, 0.4) is 0 Å². The van der Waals surface area contributed by atoms with Gasteiger partial charge in [-0.3, -0.25) is 0 Å². The second kappa shape index (κ2) is 4.82. The first-order valence-corrected chi connectivity index (χ1v) is 5.33. The van der Waals surface area contributed by atoms with Crippen LogP contribution in [0.1, 0.15) is 24.8 Å². The Labute approximate surface area is 89.4 Å². The van der Waals surface area contributed by atoms with E-state index < -0.39 is 0 Å². The van der Waals surface area contributed by atoms with Crippen LogP contribution in [0.25, 0.3) is 0 Å². The van der Waals surface area contributed by atoms with Gasteiger partial charge in [-0.05, 0) is 24.8 Å². The highest BCUT2D eigenvalue weighted by Gasteiger charge is 2.21. The Morgan fingerprint density at radius 3 is 2.67 bits per heavy atom. The molecule has 0 heterocycles. The van der Waals surface area contributed by atoms with Crippen molar-refractivity contribution < 1.29 is 9.53 Å². The lowest BCUT2D eigenvalue weighted by atomic mass is 9.96. The van der Waals surface area contributed by atoms with Gasteiger partial charge in [-0.2, -0.15) is 0 Å². The number of alkyl carbamates (subject to hydrolysis) is 1. The highest BCUT2D eigenvalue weighted by Crippen LogP contribution is 2.21. The lowest BCUT2D eigenvalue weighted by Crippen LogP contribution is -2.31. The molecular formula is C12H15NO2. The molecule has 0 aromatic heterocycles. The van der Waals surface area contributed by atoms with Crippen molar-refractivity contribution in [3.05, 3.63) is 35.9 Å². The zero-order valence-corrected chi connectivity index (χ0v) is 8.61. The Morgan fingerprint density at radius 1 is 1.33 bits per heavy atom. The fourth-order valence-electron chi connectivity index (χ4n) is 1.45. The summed E-state index contributed by atoms with van der Waals surface area (Å²) in [4.78, 5) is 11.3. The van der Waals surface area contributed by atoms with E-state index in [4.69, 9.17) is 4.74 Å². The Kier molecular flexibility index (Phi) is 3.22. The average Bonchev–Trinajstić information content (AvgIpc) is 2.22. The number of benzene rings is 1. The van der Waals surface area contributed by atoms with Gasteiger partial charge in [-0.25, -0.2) is 4.79 Å². The molecule has 1 aromatic carbocycles. The SMILES string of the molecule is O=C(NCc1ccccc1)OC1CCC1. The molecule has 1 N–H and O–H groups in total. The molecule has 0 bridgehead atoms. The first kappa shape index (κ1) is 10.0. The molecule has 0 radical (unpaired) electrons. The summed E-state index contributed by atoms with van der Waals surface area (Å²) in [6.07, 6.45) is 3.05. The van der Waals surface area contributed by atoms with Gasteiger partial charge in [0, 0.05) is 6.54 Å². The summed E-state index contributed by atoms with van der Waals surface area (Å²) in [6, 6.07) is 9.81. The second-order valence-electron chi connectivity index (χ2n) is 3.80. The maximum Gasteiger partial charge on any atom is 0.407 e. The first-order chi connectivity index (χ1) is 7.34. The van der Waals surface area contributed by atoms with Crippen LogP contribution in [0.2, 0.25) is 0 Å². The fourth-order valence-corrected chi connectivity index (χ4v) is 1.45. The maximum atomic E-state index is 11.3. The number of nitrogens with one attached hydrogen (secondary N) is 1. The van der Waals surface area contributed by atoms with Crippen LogP contribution >= 0.6 is 0 Å². The van der Waals surface area contributed by atoms with Crippen molar-refractivity contribution in [2.45, 2.75) is 31.9 Å². The third-order valence-electron chi connectivity index (χ3n) is 2.61. The molecule has 0 atom stereocenters. The summed E-state index contributed by atoms with van der Waals surface area (Å²) in [7, 11) is 0. The number of amides is 1. The van der Waals surface area contributed by atoms with Gasteiger partial charge in [-0.1, -0.05) is 30.3 Å². The molecule has 0 saturated heterocycles. The van der Waals surface area contributed by atoms with Crippen LogP contribution in [0.4, 0.5) is 4.79 Å². The van der Waals surface area contributed by atoms with E-state index in [0.717, 1.165) is 18.4 Å². The van der Waals surface area contributed by atoms with Crippen LogP contribution in [-0.4, -0.2) is 12.2 Å². The minimum atomic E-state index is -0.302. The van der Waals surface area contributed by atoms with Gasteiger partial charge in [0.25, 0.3) is 0 Å². The third kappa shape index (κ3) is 2.98. The number of hydrogen-bond acceptors (Lipinski definition) is 2. The Bertz CT molecular complexity index is 320. The van der Waals surface area contributed by atoms with Crippen molar-refractivity contribution in [3.63, 3.8) is 0 Å². The Balaban J connectivity index is 1.71. The van der Waals surface area contributed by atoms with E-state index in [2.05, 4.69) is 5.32 Å². The number of carbonyl (C=O) groups is 1. The molecule has 3 nitrogen and oxygen atoms in total. The van der Waals surface area contributed by atoms with E-state index in [1.165, 1.54) is 6.42 Å². The summed E-state index contributed by atoms with van der Waals surface area (Å²) in [6.45, 7) is 0.534. The van der Waals surface area contributed by atoms with Crippen LogP contribution in [0.5, 0.6) is 0 Å². The average molecular weight is 205 g/mol. The van der Waals surface area contributed by atoms with Crippen LogP contribution in [-0.2, 0) is 11.3 Å². The smallest absolute Gasteiger partial charge is 0.407 e. The van der Waals surface area contributed by atoms with Crippen molar-refractivity contribution in [3.8, 4) is 0 Å². The van der Waals surface area contributed by atoms with E-state index in [1.54, 1.807) is 0 Å². The highest BCUT2D eigenvalue weighted by molar-refractivity contribution is 5.67. The predicted octanol–water partition coefficient (Wildman–Crippen LogP) is 2.47. The summed E-state index contributed by atoms with van der Waals surface area (Å²) in [5.74, 6) is 0. The third-order valence-corrected chi connectivity index (χ3v) is 2.61. The summed E-state index contributed by atoms with van der Waals surface area (Å²) in [5.41, 5.74) is 1.09. The molecule has 0 unspecified atom stereocenters. The van der Waals surface area contributed by atoms with E-state index >= 15 is 0 Å². The van der Waals surface area contributed by atoms with E-state index in [0.29, 0.717) is 6.54 Å². The minimum Gasteiger partial charge on any atom is -0.446 e. The Hall–Kier alpha value is -1.51. The predicted molar refractivity (Wildman–Crippen MR) is 57.4 cm³/mol. The van der Waals surface area contributed by atoms with Gasteiger partial charge in [0.05, 0.1) is 0 Å². The standard InChI is InChI=1S/C12H15NO2/c14-12(15-11-7-4-8-11)13-9-10-5-2-1-3-6-10/h1-3,5-6,11H,4,7-9H2,(H,13,14). The molecule has 80 valence electrons. The van der Waals surface area contributed by atoms with E-state index in [1.807, 2.05) is 30.3 Å². The molecule has 3 heteroatoms. The second-order valence-corrected chi connectivity index (χ2v) is 3.80. The number of ether oxygens (including phenoxy) is 1. The van der Waals surface area contributed by atoms with Crippen LogP contribution in [0.15, 0.2) is 30.3 Å². The monoisotopic (exact) mass is 205 g/mol. The van der Waals surface area contributed by atoms with Gasteiger partial charge in [0.15, 0.2) is 0 Å². The van der Waals surface area contributed by atoms with Crippen molar-refractivity contribution in [2.75, 3.05) is 0 Å². The first-order valence-electron chi connectivity index (χ1n) is 5.33. The van der Waals surface area contributed by atoms with Crippen molar-refractivity contribution in [2.24, 2.45) is 0 Å². The zero-order valence-electron chi connectivity index (χ0n) is 8.61. The zero-order chi connectivity index (χ0) is 10.5. The molecule has 1 aliphatic carbocycles. The summed E-state index contributed by atoms with van der Waals surface area (Å²) < 4.78 is 5.16. The van der Waals surface area contributed by atoms with Gasteiger partial charge < -0.3 is 10.1 Å². The van der Waals surface area contributed by atoms with Crippen molar-refractivity contribution in [1.82, 2.24) is 5.32 Å². The molecule has 0 aliphatic heterocycles. The largest absolute Gasteiger partial charge is 0.446 e.